The van der Waals surface area contributed by atoms with Crippen LogP contribution in [-0.2, 0) is 9.53 Å². The van der Waals surface area contributed by atoms with E-state index in [1.807, 2.05) is 61.5 Å². The van der Waals surface area contributed by atoms with Crippen molar-refractivity contribution in [2.45, 2.75) is 6.92 Å². The Morgan fingerprint density at radius 3 is 2.68 bits per heavy atom. The van der Waals surface area contributed by atoms with Gasteiger partial charge in [0, 0.05) is 5.56 Å². The maximum absolute atomic E-state index is 12.4. The van der Waals surface area contributed by atoms with E-state index in [0.717, 1.165) is 21.9 Å². The van der Waals surface area contributed by atoms with E-state index in [-0.39, 0.29) is 5.70 Å². The van der Waals surface area contributed by atoms with Gasteiger partial charge in [0.25, 0.3) is 0 Å². The fourth-order valence-electron chi connectivity index (χ4n) is 3.15. The number of hydrogen-bond acceptors (Lipinski definition) is 5. The van der Waals surface area contributed by atoms with Gasteiger partial charge >= 0.3 is 5.97 Å². The van der Waals surface area contributed by atoms with Crippen molar-refractivity contribution in [1.82, 2.24) is 0 Å². The summed E-state index contributed by atoms with van der Waals surface area (Å²) in [6.45, 7) is 2.42. The molecule has 0 unspecified atom stereocenters. The highest BCUT2D eigenvalue weighted by Gasteiger charge is 2.25. The standard InChI is InChI=1S/C23H19NO4/c1-3-27-21-14-15(11-12-20(21)26-2)13-19-23(25)28-22(24-19)18-10-6-8-16-7-4-5-9-17(16)18/h4-14H,3H2,1-2H3/b19-13-. The molecule has 4 rings (SSSR count). The second-order valence-electron chi connectivity index (χ2n) is 6.21. The summed E-state index contributed by atoms with van der Waals surface area (Å²) >= 11 is 0. The van der Waals surface area contributed by atoms with Crippen LogP contribution in [0.25, 0.3) is 16.8 Å². The van der Waals surface area contributed by atoms with Crippen molar-refractivity contribution in [2.75, 3.05) is 13.7 Å². The minimum atomic E-state index is -0.475. The van der Waals surface area contributed by atoms with E-state index in [2.05, 4.69) is 4.99 Å². The summed E-state index contributed by atoms with van der Waals surface area (Å²) in [5.74, 6) is 1.09. The van der Waals surface area contributed by atoms with Crippen molar-refractivity contribution in [3.8, 4) is 11.5 Å². The number of rotatable bonds is 5. The van der Waals surface area contributed by atoms with Crippen LogP contribution in [0.4, 0.5) is 0 Å². The number of carbonyl (C=O) groups excluding carboxylic acids is 1. The fourth-order valence-corrected chi connectivity index (χ4v) is 3.15. The zero-order valence-corrected chi connectivity index (χ0v) is 15.6. The van der Waals surface area contributed by atoms with Crippen LogP contribution in [0.2, 0.25) is 0 Å². The first-order chi connectivity index (χ1) is 13.7. The number of fused-ring (bicyclic) bond motifs is 1. The molecule has 0 atom stereocenters. The summed E-state index contributed by atoms with van der Waals surface area (Å²) in [6.07, 6.45) is 1.68. The van der Waals surface area contributed by atoms with Gasteiger partial charge in [0.05, 0.1) is 13.7 Å². The molecule has 28 heavy (non-hydrogen) atoms. The highest BCUT2D eigenvalue weighted by atomic mass is 16.6. The number of methoxy groups -OCH3 is 1. The van der Waals surface area contributed by atoms with E-state index in [4.69, 9.17) is 14.2 Å². The van der Waals surface area contributed by atoms with Crippen LogP contribution in [0, 0.1) is 0 Å². The van der Waals surface area contributed by atoms with Crippen LogP contribution in [0.5, 0.6) is 11.5 Å². The SMILES string of the molecule is CCOc1cc(/C=C2\N=C(c3cccc4ccccc34)OC2=O)ccc1OC. The van der Waals surface area contributed by atoms with Crippen molar-refractivity contribution >= 4 is 28.7 Å². The smallest absolute Gasteiger partial charge is 0.363 e. The van der Waals surface area contributed by atoms with Crippen LogP contribution in [-0.4, -0.2) is 25.6 Å². The third-order valence-electron chi connectivity index (χ3n) is 4.43. The van der Waals surface area contributed by atoms with Gasteiger partial charge in [-0.3, -0.25) is 0 Å². The van der Waals surface area contributed by atoms with Crippen molar-refractivity contribution in [3.63, 3.8) is 0 Å². The minimum Gasteiger partial charge on any atom is -0.493 e. The van der Waals surface area contributed by atoms with Crippen LogP contribution in [0.1, 0.15) is 18.1 Å². The van der Waals surface area contributed by atoms with Crippen molar-refractivity contribution in [3.05, 3.63) is 77.5 Å². The number of carbonyl (C=O) groups is 1. The molecule has 0 amide bonds. The largest absolute Gasteiger partial charge is 0.493 e. The van der Waals surface area contributed by atoms with Gasteiger partial charge in [-0.1, -0.05) is 42.5 Å². The second-order valence-corrected chi connectivity index (χ2v) is 6.21. The lowest BCUT2D eigenvalue weighted by atomic mass is 10.0. The number of esters is 1. The first-order valence-electron chi connectivity index (χ1n) is 9.01. The van der Waals surface area contributed by atoms with Crippen LogP contribution < -0.4 is 9.47 Å². The molecular formula is C23H19NO4. The van der Waals surface area contributed by atoms with Gasteiger partial charge < -0.3 is 14.2 Å². The second kappa shape index (κ2) is 7.56. The van der Waals surface area contributed by atoms with Crippen LogP contribution >= 0.6 is 0 Å². The van der Waals surface area contributed by atoms with Gasteiger partial charge in [0.1, 0.15) is 0 Å². The van der Waals surface area contributed by atoms with E-state index >= 15 is 0 Å². The van der Waals surface area contributed by atoms with Crippen molar-refractivity contribution in [2.24, 2.45) is 4.99 Å². The van der Waals surface area contributed by atoms with Crippen molar-refractivity contribution in [1.29, 1.82) is 0 Å². The molecule has 0 bridgehead atoms. The molecule has 1 heterocycles. The molecule has 0 radical (unpaired) electrons. The Morgan fingerprint density at radius 1 is 1.04 bits per heavy atom. The lowest BCUT2D eigenvalue weighted by Gasteiger charge is -2.09. The van der Waals surface area contributed by atoms with Gasteiger partial charge in [-0.2, -0.15) is 0 Å². The molecule has 0 fully saturated rings. The Morgan fingerprint density at radius 2 is 1.86 bits per heavy atom. The van der Waals surface area contributed by atoms with Gasteiger partial charge in [-0.05, 0) is 47.5 Å². The first kappa shape index (κ1) is 17.8. The van der Waals surface area contributed by atoms with Crippen LogP contribution in [0.3, 0.4) is 0 Å². The molecule has 140 valence electrons. The number of cyclic esters (lactones) is 1. The molecule has 0 N–H and O–H groups in total. The average Bonchev–Trinajstić information content (AvgIpc) is 3.08. The third kappa shape index (κ3) is 3.34. The van der Waals surface area contributed by atoms with Gasteiger partial charge in [0.15, 0.2) is 17.2 Å². The molecule has 3 aromatic rings. The van der Waals surface area contributed by atoms with E-state index in [1.54, 1.807) is 19.3 Å². The summed E-state index contributed by atoms with van der Waals surface area (Å²) in [6, 6.07) is 19.2. The highest BCUT2D eigenvalue weighted by molar-refractivity contribution is 6.17. The van der Waals surface area contributed by atoms with E-state index in [0.29, 0.717) is 24.0 Å². The molecule has 1 aliphatic rings. The Labute approximate surface area is 162 Å². The lowest BCUT2D eigenvalue weighted by molar-refractivity contribution is -0.129. The topological polar surface area (TPSA) is 57.1 Å². The number of benzene rings is 3. The maximum Gasteiger partial charge on any atom is 0.363 e. The summed E-state index contributed by atoms with van der Waals surface area (Å²) in [7, 11) is 1.59. The highest BCUT2D eigenvalue weighted by Crippen LogP contribution is 2.30. The average molecular weight is 373 g/mol. The molecule has 0 aliphatic carbocycles. The molecule has 3 aromatic carbocycles. The van der Waals surface area contributed by atoms with Crippen LogP contribution in [0.15, 0.2) is 71.4 Å². The quantitative estimate of drug-likeness (QED) is 0.485. The van der Waals surface area contributed by atoms with Gasteiger partial charge in [-0.15, -0.1) is 0 Å². The Balaban J connectivity index is 1.72. The predicted molar refractivity (Wildman–Crippen MR) is 109 cm³/mol. The monoisotopic (exact) mass is 373 g/mol. The van der Waals surface area contributed by atoms with Crippen molar-refractivity contribution < 1.29 is 19.0 Å². The summed E-state index contributed by atoms with van der Waals surface area (Å²) in [4.78, 5) is 16.8. The Hall–Kier alpha value is -3.60. The van der Waals surface area contributed by atoms with E-state index in [9.17, 15) is 4.79 Å². The minimum absolute atomic E-state index is 0.246. The summed E-state index contributed by atoms with van der Waals surface area (Å²) in [5, 5.41) is 2.05. The number of ether oxygens (including phenoxy) is 3. The first-order valence-corrected chi connectivity index (χ1v) is 9.01. The maximum atomic E-state index is 12.4. The van der Waals surface area contributed by atoms with E-state index < -0.39 is 5.97 Å². The van der Waals surface area contributed by atoms with Gasteiger partial charge in [-0.25, -0.2) is 9.79 Å². The molecule has 0 saturated heterocycles. The molecule has 0 aromatic heterocycles. The Bertz CT molecular complexity index is 1110. The Kier molecular flexibility index (Phi) is 4.81. The predicted octanol–water partition coefficient (Wildman–Crippen LogP) is 4.59. The zero-order valence-electron chi connectivity index (χ0n) is 15.6. The van der Waals surface area contributed by atoms with E-state index in [1.165, 1.54) is 0 Å². The molecule has 1 aliphatic heterocycles. The molecule has 5 heteroatoms. The third-order valence-corrected chi connectivity index (χ3v) is 4.43. The molecular weight excluding hydrogens is 354 g/mol. The molecule has 0 spiro atoms. The fraction of sp³-hybridized carbons (Fsp3) is 0.130. The lowest BCUT2D eigenvalue weighted by Crippen LogP contribution is -2.05. The number of hydrogen-bond donors (Lipinski definition) is 0. The van der Waals surface area contributed by atoms with Gasteiger partial charge in [0.2, 0.25) is 5.90 Å². The zero-order chi connectivity index (χ0) is 19.5. The summed E-state index contributed by atoms with van der Waals surface area (Å²) in [5.41, 5.74) is 1.81. The molecule has 0 saturated carbocycles. The molecule has 5 nitrogen and oxygen atoms in total. The summed E-state index contributed by atoms with van der Waals surface area (Å²) < 4.78 is 16.3. The number of aliphatic imine (C=N–C) groups is 1. The normalized spacial score (nSPS) is 14.9. The number of nitrogens with zero attached hydrogens (tertiary/aromatic N) is 1.